The molecule has 1 saturated heterocycles. The van der Waals surface area contributed by atoms with Crippen LogP contribution in [0, 0.1) is 5.92 Å². The summed E-state index contributed by atoms with van der Waals surface area (Å²) in [5.41, 5.74) is 3.41. The Morgan fingerprint density at radius 2 is 2.08 bits per heavy atom. The van der Waals surface area contributed by atoms with Crippen LogP contribution in [0.15, 0.2) is 71.8 Å². The van der Waals surface area contributed by atoms with E-state index in [-0.39, 0.29) is 25.5 Å². The van der Waals surface area contributed by atoms with Crippen molar-refractivity contribution in [2.24, 2.45) is 10.9 Å². The molecule has 3 aromatic rings. The highest BCUT2D eigenvalue weighted by Gasteiger charge is 2.39. The average molecular weight is 585 g/mol. The first-order valence-corrected chi connectivity index (χ1v) is 15.6. The van der Waals surface area contributed by atoms with Crippen molar-refractivity contribution in [3.63, 3.8) is 0 Å². The lowest BCUT2D eigenvalue weighted by molar-refractivity contribution is -0.212. The first kappa shape index (κ1) is 28.8. The van der Waals surface area contributed by atoms with E-state index in [2.05, 4.69) is 32.6 Å². The summed E-state index contributed by atoms with van der Waals surface area (Å²) < 4.78 is 18.7. The van der Waals surface area contributed by atoms with Gasteiger partial charge >= 0.3 is 0 Å². The minimum absolute atomic E-state index is 0.136. The molecule has 13 heteroatoms. The summed E-state index contributed by atoms with van der Waals surface area (Å²) in [5, 5.41) is 23.2. The number of nitrogens with zero attached hydrogens (tertiary/aromatic N) is 5. The van der Waals surface area contributed by atoms with Gasteiger partial charge in [-0.1, -0.05) is 48.6 Å². The van der Waals surface area contributed by atoms with Gasteiger partial charge in [0, 0.05) is 6.42 Å². The largest absolute Gasteiger partial charge is 0.858 e. The predicted octanol–water partition coefficient (Wildman–Crippen LogP) is 3.47. The number of aromatic nitrogens is 4. The number of ether oxygens (including phenoxy) is 1. The first-order chi connectivity index (χ1) is 19.2. The predicted molar refractivity (Wildman–Crippen MR) is 151 cm³/mol. The zero-order valence-electron chi connectivity index (χ0n) is 22.0. The minimum atomic E-state index is -3.54. The van der Waals surface area contributed by atoms with Crippen molar-refractivity contribution in [3.05, 3.63) is 72.4 Å². The molecule has 0 bridgehead atoms. The third-order valence-corrected chi connectivity index (χ3v) is 8.66. The molecule has 0 spiro atoms. The molecule has 5 atom stereocenters. The van der Waals surface area contributed by atoms with Crippen LogP contribution in [-0.4, -0.2) is 60.8 Å². The lowest BCUT2D eigenvalue weighted by atomic mass is 9.86. The van der Waals surface area contributed by atoms with E-state index >= 15 is 0 Å². The molecule has 1 fully saturated rings. The number of imidazole rings is 1. The van der Waals surface area contributed by atoms with E-state index < -0.39 is 31.5 Å². The highest BCUT2D eigenvalue weighted by Crippen LogP contribution is 2.55. The maximum absolute atomic E-state index is 12.6. The van der Waals surface area contributed by atoms with Crippen LogP contribution in [0.2, 0.25) is 0 Å². The summed E-state index contributed by atoms with van der Waals surface area (Å²) in [6.45, 7) is 6.12. The highest BCUT2D eigenvalue weighted by molar-refractivity contribution is 8.35. The van der Waals surface area contributed by atoms with Crippen molar-refractivity contribution in [2.75, 3.05) is 13.2 Å². The summed E-state index contributed by atoms with van der Waals surface area (Å²) >= 11 is 5.18. The SMILES string of the molecule is C=C(C)[C@H]1CC=C(CO[P+](O)([S-])OC[C@H]2O[C@@H](n3cnc4c(N=C([O-])c5ccccc5)ncnc43)C[C@@H]2O)CC1. The van der Waals surface area contributed by atoms with Gasteiger partial charge in [0.2, 0.25) is 0 Å². The smallest absolute Gasteiger partial charge is 0.286 e. The van der Waals surface area contributed by atoms with Gasteiger partial charge in [-0.25, -0.2) is 24.8 Å². The number of rotatable bonds is 10. The fourth-order valence-corrected chi connectivity index (χ4v) is 5.83. The van der Waals surface area contributed by atoms with E-state index in [0.29, 0.717) is 22.6 Å². The lowest BCUT2D eigenvalue weighted by Gasteiger charge is -2.26. The standard InChI is InChI=1S/C27H32N5O6PS/c1-17(2)19-10-8-18(9-11-19)13-36-39(35,40)37-14-22-21(33)12-23(38-22)32-16-30-24-25(28-15-29-26(24)32)31-27(34)20-6-4-3-5-7-20/h3-8,15-16,19,21-23,33H,1,9-14H2,2H3,(H,35,40)(H,28,29,31,34)/p-1/t19-,21-,22+,23+,39?/m0/s1. The van der Waals surface area contributed by atoms with E-state index in [1.54, 1.807) is 28.8 Å². The van der Waals surface area contributed by atoms with Crippen molar-refractivity contribution >= 4 is 42.3 Å². The number of aliphatic imine (C=N–C) groups is 1. The van der Waals surface area contributed by atoms with E-state index in [1.165, 1.54) is 18.2 Å². The van der Waals surface area contributed by atoms with Crippen molar-refractivity contribution in [1.82, 2.24) is 19.5 Å². The zero-order chi connectivity index (χ0) is 28.3. The second kappa shape index (κ2) is 12.4. The van der Waals surface area contributed by atoms with Crippen LogP contribution in [0.3, 0.4) is 0 Å². The molecule has 2 N–H and O–H groups in total. The summed E-state index contributed by atoms with van der Waals surface area (Å²) in [7, 11) is -3.54. The molecule has 2 aromatic heterocycles. The van der Waals surface area contributed by atoms with E-state index in [1.807, 2.05) is 13.0 Å². The molecule has 0 radical (unpaired) electrons. The Labute approximate surface area is 238 Å². The van der Waals surface area contributed by atoms with Gasteiger partial charge in [0.25, 0.3) is 7.15 Å². The molecule has 40 heavy (non-hydrogen) atoms. The molecular weight excluding hydrogens is 553 g/mol. The monoisotopic (exact) mass is 584 g/mol. The summed E-state index contributed by atoms with van der Waals surface area (Å²) in [4.78, 5) is 27.4. The highest BCUT2D eigenvalue weighted by atomic mass is 32.7. The Balaban J connectivity index is 1.20. The van der Waals surface area contributed by atoms with Gasteiger partial charge in [0.15, 0.2) is 17.0 Å². The van der Waals surface area contributed by atoms with Crippen molar-refractivity contribution in [2.45, 2.75) is 51.0 Å². The molecule has 3 heterocycles. The second-order valence-corrected chi connectivity index (χ2v) is 12.8. The average Bonchev–Trinajstić information content (AvgIpc) is 3.55. The van der Waals surface area contributed by atoms with Crippen LogP contribution in [0.1, 0.15) is 44.4 Å². The number of benzene rings is 1. The van der Waals surface area contributed by atoms with Crippen LogP contribution in [-0.2, 0) is 26.0 Å². The minimum Gasteiger partial charge on any atom is -0.858 e. The van der Waals surface area contributed by atoms with Crippen LogP contribution in [0.4, 0.5) is 5.82 Å². The van der Waals surface area contributed by atoms with Crippen LogP contribution in [0.25, 0.3) is 11.2 Å². The van der Waals surface area contributed by atoms with E-state index in [4.69, 9.17) is 26.0 Å². The van der Waals surface area contributed by atoms with Gasteiger partial charge < -0.3 is 27.2 Å². The van der Waals surface area contributed by atoms with Crippen molar-refractivity contribution < 1.29 is 28.9 Å². The molecular formula is C27H31N5O6PS-. The van der Waals surface area contributed by atoms with Gasteiger partial charge in [-0.2, -0.15) is 9.05 Å². The Morgan fingerprint density at radius 1 is 1.27 bits per heavy atom. The maximum Gasteiger partial charge on any atom is 0.286 e. The topological polar surface area (TPSA) is 147 Å². The Hall–Kier alpha value is -2.70. The second-order valence-electron chi connectivity index (χ2n) is 9.95. The molecule has 1 unspecified atom stereocenters. The summed E-state index contributed by atoms with van der Waals surface area (Å²) in [5.74, 6) is 0.165. The fraction of sp³-hybridized carbons (Fsp3) is 0.407. The van der Waals surface area contributed by atoms with Gasteiger partial charge in [-0.3, -0.25) is 4.57 Å². The van der Waals surface area contributed by atoms with Crippen molar-refractivity contribution in [3.8, 4) is 0 Å². The molecule has 5 rings (SSSR count). The Bertz CT molecular complexity index is 1410. The number of aliphatic hydroxyl groups is 1. The van der Waals surface area contributed by atoms with Crippen LogP contribution in [0.5, 0.6) is 0 Å². The molecule has 212 valence electrons. The normalized spacial score (nSPS) is 25.1. The van der Waals surface area contributed by atoms with Gasteiger partial charge in [0.05, 0.1) is 12.4 Å². The number of fused-ring (bicyclic) bond motifs is 1. The molecule has 1 aliphatic heterocycles. The molecule has 0 saturated carbocycles. The van der Waals surface area contributed by atoms with Gasteiger partial charge in [-0.15, -0.1) is 0 Å². The third kappa shape index (κ3) is 6.77. The molecule has 0 amide bonds. The quantitative estimate of drug-likeness (QED) is 0.119. The fourth-order valence-electron chi connectivity index (χ4n) is 4.75. The number of allylic oxidation sites excluding steroid dienone is 2. The van der Waals surface area contributed by atoms with Crippen LogP contribution >= 0.6 is 7.15 Å². The molecule has 11 nitrogen and oxygen atoms in total. The summed E-state index contributed by atoms with van der Waals surface area (Å²) in [6, 6.07) is 8.66. The molecule has 1 aromatic carbocycles. The number of hydrogen-bond acceptors (Lipinski definition) is 11. The molecule has 1 aliphatic carbocycles. The van der Waals surface area contributed by atoms with E-state index in [0.717, 1.165) is 24.8 Å². The number of aliphatic hydroxyl groups excluding tert-OH is 1. The maximum atomic E-state index is 12.6. The summed E-state index contributed by atoms with van der Waals surface area (Å²) in [6.07, 6.45) is 5.64. The zero-order valence-corrected chi connectivity index (χ0v) is 23.7. The van der Waals surface area contributed by atoms with E-state index in [9.17, 15) is 15.1 Å². The Kier molecular flexibility index (Phi) is 8.96. The van der Waals surface area contributed by atoms with Gasteiger partial charge in [-0.05, 0) is 49.1 Å². The van der Waals surface area contributed by atoms with Gasteiger partial charge in [0.1, 0.15) is 31.9 Å². The third-order valence-electron chi connectivity index (χ3n) is 7.10. The van der Waals surface area contributed by atoms with Crippen LogP contribution < -0.4 is 5.11 Å². The first-order valence-electron chi connectivity index (χ1n) is 13.0. The molecule has 2 aliphatic rings. The Morgan fingerprint density at radius 3 is 2.80 bits per heavy atom. The number of hydrogen-bond donors (Lipinski definition) is 2. The lowest BCUT2D eigenvalue weighted by Crippen LogP contribution is -2.26. The van der Waals surface area contributed by atoms with Crippen molar-refractivity contribution in [1.29, 1.82) is 0 Å².